The summed E-state index contributed by atoms with van der Waals surface area (Å²) in [5, 5.41) is 7.91. The molecular formula is C21H33N7S. The Balaban J connectivity index is 1.67. The maximum Gasteiger partial charge on any atom is 0.225 e. The number of anilines is 1. The number of piperazine rings is 1. The summed E-state index contributed by atoms with van der Waals surface area (Å²) in [4.78, 5) is 20.9. The first-order valence-corrected chi connectivity index (χ1v) is 11.5. The Hall–Kier alpha value is -2.19. The van der Waals surface area contributed by atoms with Gasteiger partial charge in [0.05, 0.1) is 12.6 Å². The van der Waals surface area contributed by atoms with E-state index in [1.165, 1.54) is 5.56 Å². The van der Waals surface area contributed by atoms with Crippen LogP contribution >= 0.6 is 11.3 Å². The third-order valence-corrected chi connectivity index (χ3v) is 6.05. The van der Waals surface area contributed by atoms with Gasteiger partial charge in [0.1, 0.15) is 0 Å². The molecule has 0 radical (unpaired) electrons. The maximum absolute atomic E-state index is 5.05. The van der Waals surface area contributed by atoms with Gasteiger partial charge in [0, 0.05) is 45.1 Å². The van der Waals surface area contributed by atoms with Crippen molar-refractivity contribution in [1.82, 2.24) is 25.1 Å². The average Bonchev–Trinajstić information content (AvgIpc) is 3.31. The van der Waals surface area contributed by atoms with E-state index in [0.717, 1.165) is 64.3 Å². The van der Waals surface area contributed by atoms with E-state index >= 15 is 0 Å². The Kier molecular flexibility index (Phi) is 8.25. The van der Waals surface area contributed by atoms with Crippen molar-refractivity contribution in [2.24, 2.45) is 4.99 Å². The SMILES string of the molecule is CCNC(=NCC(c1ccsc1)N(CC)CC)N1CCN(c2ncccn2)CC1. The third kappa shape index (κ3) is 5.67. The molecule has 3 heterocycles. The Morgan fingerprint density at radius 1 is 1.17 bits per heavy atom. The molecule has 1 N–H and O–H groups in total. The highest BCUT2D eigenvalue weighted by molar-refractivity contribution is 7.07. The molecule has 29 heavy (non-hydrogen) atoms. The summed E-state index contributed by atoms with van der Waals surface area (Å²) in [6, 6.07) is 4.41. The van der Waals surface area contributed by atoms with Gasteiger partial charge in [0.2, 0.25) is 5.95 Å². The number of likely N-dealkylation sites (N-methyl/N-ethyl adjacent to an activating group) is 1. The summed E-state index contributed by atoms with van der Waals surface area (Å²) < 4.78 is 0. The van der Waals surface area contributed by atoms with Gasteiger partial charge in [-0.3, -0.25) is 9.89 Å². The van der Waals surface area contributed by atoms with Gasteiger partial charge in [-0.2, -0.15) is 11.3 Å². The number of aliphatic imine (C=N–C) groups is 1. The zero-order chi connectivity index (χ0) is 20.5. The van der Waals surface area contributed by atoms with Gasteiger partial charge in [-0.15, -0.1) is 0 Å². The second kappa shape index (κ2) is 11.1. The number of thiophene rings is 1. The maximum atomic E-state index is 5.05. The summed E-state index contributed by atoms with van der Waals surface area (Å²) in [5.74, 6) is 1.82. The van der Waals surface area contributed by atoms with Gasteiger partial charge in [-0.25, -0.2) is 9.97 Å². The van der Waals surface area contributed by atoms with Crippen LogP contribution in [0.5, 0.6) is 0 Å². The minimum Gasteiger partial charge on any atom is -0.357 e. The first kappa shape index (κ1) is 21.5. The third-order valence-electron chi connectivity index (χ3n) is 5.34. The molecule has 1 unspecified atom stereocenters. The van der Waals surface area contributed by atoms with Crippen LogP contribution in [0.15, 0.2) is 40.3 Å². The molecule has 3 rings (SSSR count). The van der Waals surface area contributed by atoms with E-state index in [-0.39, 0.29) is 0 Å². The van der Waals surface area contributed by atoms with Crippen molar-refractivity contribution < 1.29 is 0 Å². The lowest BCUT2D eigenvalue weighted by atomic mass is 10.1. The summed E-state index contributed by atoms with van der Waals surface area (Å²) in [5.41, 5.74) is 1.37. The Bertz CT molecular complexity index is 723. The molecule has 8 heteroatoms. The van der Waals surface area contributed by atoms with Gasteiger partial charge >= 0.3 is 0 Å². The Morgan fingerprint density at radius 2 is 1.90 bits per heavy atom. The fraction of sp³-hybridized carbons (Fsp3) is 0.571. The summed E-state index contributed by atoms with van der Waals surface area (Å²) in [6.45, 7) is 13.9. The van der Waals surface area contributed by atoms with E-state index in [1.54, 1.807) is 23.7 Å². The zero-order valence-corrected chi connectivity index (χ0v) is 18.6. The molecule has 0 bridgehead atoms. The fourth-order valence-corrected chi connectivity index (χ4v) is 4.44. The lowest BCUT2D eigenvalue weighted by molar-refractivity contribution is 0.224. The van der Waals surface area contributed by atoms with Crippen molar-refractivity contribution in [3.8, 4) is 0 Å². The number of nitrogens with one attached hydrogen (secondary N) is 1. The minimum atomic E-state index is 0.323. The lowest BCUT2D eigenvalue weighted by Crippen LogP contribution is -2.53. The van der Waals surface area contributed by atoms with Gasteiger partial charge < -0.3 is 15.1 Å². The van der Waals surface area contributed by atoms with Crippen LogP contribution in [0.4, 0.5) is 5.95 Å². The summed E-state index contributed by atoms with van der Waals surface area (Å²) in [7, 11) is 0. The molecule has 7 nitrogen and oxygen atoms in total. The molecule has 1 aliphatic heterocycles. The molecule has 0 spiro atoms. The number of hydrogen-bond donors (Lipinski definition) is 1. The summed E-state index contributed by atoms with van der Waals surface area (Å²) in [6.07, 6.45) is 3.61. The Morgan fingerprint density at radius 3 is 2.48 bits per heavy atom. The molecule has 2 aromatic heterocycles. The molecule has 0 saturated carbocycles. The van der Waals surface area contributed by atoms with Crippen LogP contribution in [0.25, 0.3) is 0 Å². The average molecular weight is 416 g/mol. The van der Waals surface area contributed by atoms with Gasteiger partial charge in [-0.05, 0) is 48.5 Å². The molecular weight excluding hydrogens is 382 g/mol. The van der Waals surface area contributed by atoms with E-state index < -0.39 is 0 Å². The predicted molar refractivity (Wildman–Crippen MR) is 122 cm³/mol. The lowest BCUT2D eigenvalue weighted by Gasteiger charge is -2.37. The minimum absolute atomic E-state index is 0.323. The molecule has 1 fully saturated rings. The van der Waals surface area contributed by atoms with E-state index in [2.05, 4.69) is 67.6 Å². The number of hydrogen-bond acceptors (Lipinski definition) is 6. The van der Waals surface area contributed by atoms with Crippen molar-refractivity contribution in [2.45, 2.75) is 26.8 Å². The second-order valence-corrected chi connectivity index (χ2v) is 7.79. The highest BCUT2D eigenvalue weighted by Crippen LogP contribution is 2.23. The van der Waals surface area contributed by atoms with Gasteiger partial charge in [0.15, 0.2) is 5.96 Å². The van der Waals surface area contributed by atoms with Crippen molar-refractivity contribution in [1.29, 1.82) is 0 Å². The van der Waals surface area contributed by atoms with E-state index in [9.17, 15) is 0 Å². The quantitative estimate of drug-likeness (QED) is 0.528. The van der Waals surface area contributed by atoms with E-state index in [4.69, 9.17) is 4.99 Å². The first-order chi connectivity index (χ1) is 14.3. The molecule has 0 aliphatic carbocycles. The highest BCUT2D eigenvalue weighted by Gasteiger charge is 2.23. The van der Waals surface area contributed by atoms with Crippen LogP contribution in [0.3, 0.4) is 0 Å². The predicted octanol–water partition coefficient (Wildman–Crippen LogP) is 2.71. The van der Waals surface area contributed by atoms with Crippen molar-refractivity contribution >= 4 is 23.2 Å². The van der Waals surface area contributed by atoms with Crippen LogP contribution in [0, 0.1) is 0 Å². The standard InChI is InChI=1S/C21H33N7S/c1-4-22-20(25-16-19(26(5-2)6-3)18-8-15-29-17-18)27-11-13-28(14-12-27)21-23-9-7-10-24-21/h7-10,15,17,19H,4-6,11-14,16H2,1-3H3,(H,22,25). The van der Waals surface area contributed by atoms with Crippen LogP contribution < -0.4 is 10.2 Å². The molecule has 1 aliphatic rings. The number of aromatic nitrogens is 2. The van der Waals surface area contributed by atoms with Crippen LogP contribution in [-0.2, 0) is 0 Å². The molecule has 158 valence electrons. The van der Waals surface area contributed by atoms with E-state index in [0.29, 0.717) is 6.04 Å². The largest absolute Gasteiger partial charge is 0.357 e. The highest BCUT2D eigenvalue weighted by atomic mass is 32.1. The van der Waals surface area contributed by atoms with Gasteiger partial charge in [0.25, 0.3) is 0 Å². The van der Waals surface area contributed by atoms with Crippen molar-refractivity contribution in [3.63, 3.8) is 0 Å². The normalized spacial score (nSPS) is 16.3. The molecule has 0 amide bonds. The monoisotopic (exact) mass is 415 g/mol. The van der Waals surface area contributed by atoms with Crippen molar-refractivity contribution in [3.05, 3.63) is 40.8 Å². The topological polar surface area (TPSA) is 59.9 Å². The molecule has 1 atom stereocenters. The molecule has 0 aromatic carbocycles. The smallest absolute Gasteiger partial charge is 0.225 e. The number of rotatable bonds is 8. The van der Waals surface area contributed by atoms with Crippen LogP contribution in [0.2, 0.25) is 0 Å². The van der Waals surface area contributed by atoms with Crippen LogP contribution in [0.1, 0.15) is 32.4 Å². The van der Waals surface area contributed by atoms with Gasteiger partial charge in [-0.1, -0.05) is 13.8 Å². The van der Waals surface area contributed by atoms with Crippen LogP contribution in [-0.4, -0.2) is 78.1 Å². The Labute approximate surface area is 178 Å². The first-order valence-electron chi connectivity index (χ1n) is 10.6. The zero-order valence-electron chi connectivity index (χ0n) is 17.8. The van der Waals surface area contributed by atoms with Crippen molar-refractivity contribution in [2.75, 3.05) is 57.3 Å². The summed E-state index contributed by atoms with van der Waals surface area (Å²) >= 11 is 1.76. The fourth-order valence-electron chi connectivity index (χ4n) is 3.73. The molecule has 1 saturated heterocycles. The molecule has 2 aromatic rings. The second-order valence-electron chi connectivity index (χ2n) is 7.01. The van der Waals surface area contributed by atoms with E-state index in [1.807, 2.05) is 6.07 Å². The number of guanidine groups is 1. The number of nitrogens with zero attached hydrogens (tertiary/aromatic N) is 6.